The molecule has 1 aromatic carbocycles. The zero-order chi connectivity index (χ0) is 26.2. The van der Waals surface area contributed by atoms with Crippen LogP contribution in [0.25, 0.3) is 11.2 Å². The number of ketones is 1. The maximum absolute atomic E-state index is 13.7. The van der Waals surface area contributed by atoms with E-state index < -0.39 is 30.6 Å². The topological polar surface area (TPSA) is 98.1 Å². The predicted octanol–water partition coefficient (Wildman–Crippen LogP) is 4.60. The quantitative estimate of drug-likeness (QED) is 0.322. The highest BCUT2D eigenvalue weighted by molar-refractivity contribution is 5.99. The van der Waals surface area contributed by atoms with E-state index in [1.807, 2.05) is 0 Å². The number of aromatic nitrogens is 3. The monoisotopic (exact) mass is 511 g/mol. The number of aryl methyl sites for hydroxylation is 1. The van der Waals surface area contributed by atoms with Crippen LogP contribution in [-0.4, -0.2) is 39.3 Å². The van der Waals surface area contributed by atoms with Crippen LogP contribution in [0.15, 0.2) is 24.3 Å². The lowest BCUT2D eigenvalue weighted by Crippen LogP contribution is -2.24. The molecule has 1 aliphatic rings. The molecule has 4 rings (SSSR count). The van der Waals surface area contributed by atoms with Gasteiger partial charge >= 0.3 is 6.18 Å². The van der Waals surface area contributed by atoms with Crippen molar-refractivity contribution in [1.29, 1.82) is 0 Å². The molecule has 8 nitrogen and oxygen atoms in total. The first-order valence-corrected chi connectivity index (χ1v) is 11.0. The molecule has 0 atom stereocenters. The zero-order valence-corrected chi connectivity index (χ0v) is 19.2. The number of halogens is 5. The van der Waals surface area contributed by atoms with E-state index in [2.05, 4.69) is 20.6 Å². The summed E-state index contributed by atoms with van der Waals surface area (Å²) in [5.41, 5.74) is -0.649. The minimum absolute atomic E-state index is 0.0392. The lowest BCUT2D eigenvalue weighted by Gasteiger charge is -2.16. The summed E-state index contributed by atoms with van der Waals surface area (Å²) < 4.78 is 72.6. The van der Waals surface area contributed by atoms with Crippen LogP contribution in [0.3, 0.4) is 0 Å². The van der Waals surface area contributed by atoms with E-state index in [4.69, 9.17) is 4.74 Å². The van der Waals surface area contributed by atoms with Gasteiger partial charge in [-0.2, -0.15) is 18.2 Å². The third kappa shape index (κ3) is 5.55. The van der Waals surface area contributed by atoms with Gasteiger partial charge in [-0.05, 0) is 43.5 Å². The summed E-state index contributed by atoms with van der Waals surface area (Å²) in [6.07, 6.45) is -5.88. The van der Waals surface area contributed by atoms with Crippen LogP contribution in [0, 0.1) is 5.92 Å². The van der Waals surface area contributed by atoms with E-state index in [-0.39, 0.29) is 52.6 Å². The standard InChI is InChI=1S/C23H22F5N5O3/c1-11(34)14-8-17-19(32-21(14)36-10-18(24)25)33(2)22(31-17)30-16-7-12(3-6-15(16)23(26,27)28)9-29-20(35)13-4-5-13/h3,6-8,13,18H,4-5,9-10H2,1-2H3,(H,29,35)(H,30,31). The number of rotatable bonds is 9. The number of benzene rings is 1. The van der Waals surface area contributed by atoms with Gasteiger partial charge in [-0.1, -0.05) is 6.07 Å². The first-order chi connectivity index (χ1) is 16.9. The summed E-state index contributed by atoms with van der Waals surface area (Å²) in [5, 5.41) is 5.36. The maximum atomic E-state index is 13.7. The lowest BCUT2D eigenvalue weighted by molar-refractivity contribution is -0.137. The van der Waals surface area contributed by atoms with Crippen molar-refractivity contribution in [3.05, 3.63) is 41.0 Å². The summed E-state index contributed by atoms with van der Waals surface area (Å²) in [5.74, 6) is -1.05. The van der Waals surface area contributed by atoms with Crippen LogP contribution < -0.4 is 15.4 Å². The Balaban J connectivity index is 1.68. The van der Waals surface area contributed by atoms with Crippen molar-refractivity contribution in [2.45, 2.75) is 38.9 Å². The summed E-state index contributed by atoms with van der Waals surface area (Å²) in [7, 11) is 1.46. The van der Waals surface area contributed by atoms with Crippen molar-refractivity contribution in [1.82, 2.24) is 19.9 Å². The van der Waals surface area contributed by atoms with Crippen molar-refractivity contribution in [3.63, 3.8) is 0 Å². The Morgan fingerprint density at radius 2 is 1.92 bits per heavy atom. The second kappa shape index (κ2) is 9.70. The van der Waals surface area contributed by atoms with Gasteiger partial charge in [0.2, 0.25) is 17.7 Å². The molecule has 1 aliphatic carbocycles. The SMILES string of the molecule is CC(=O)c1cc2nc(Nc3cc(CNC(=O)C4CC4)ccc3C(F)(F)F)n(C)c2nc1OCC(F)F. The maximum Gasteiger partial charge on any atom is 0.418 e. The van der Waals surface area contributed by atoms with Crippen LogP contribution in [0.4, 0.5) is 33.6 Å². The van der Waals surface area contributed by atoms with Crippen LogP contribution in [0.1, 0.15) is 41.3 Å². The molecule has 0 aliphatic heterocycles. The number of alkyl halides is 5. The highest BCUT2D eigenvalue weighted by Gasteiger charge is 2.34. The highest BCUT2D eigenvalue weighted by Crippen LogP contribution is 2.37. The van der Waals surface area contributed by atoms with E-state index in [0.29, 0.717) is 5.56 Å². The second-order valence-corrected chi connectivity index (χ2v) is 8.43. The average Bonchev–Trinajstić information content (AvgIpc) is 3.61. The van der Waals surface area contributed by atoms with E-state index in [0.717, 1.165) is 18.9 Å². The molecule has 13 heteroatoms. The lowest BCUT2D eigenvalue weighted by atomic mass is 10.1. The van der Waals surface area contributed by atoms with Gasteiger partial charge in [-0.25, -0.2) is 13.8 Å². The normalized spacial score (nSPS) is 13.8. The van der Waals surface area contributed by atoms with E-state index in [1.165, 1.54) is 36.7 Å². The molecule has 1 amide bonds. The number of anilines is 2. The largest absolute Gasteiger partial charge is 0.471 e. The van der Waals surface area contributed by atoms with Gasteiger partial charge in [-0.3, -0.25) is 14.2 Å². The fourth-order valence-corrected chi connectivity index (χ4v) is 3.56. The molecule has 192 valence electrons. The number of imidazole rings is 1. The Morgan fingerprint density at radius 1 is 1.19 bits per heavy atom. The van der Waals surface area contributed by atoms with Gasteiger partial charge in [0.05, 0.1) is 16.8 Å². The number of pyridine rings is 1. The molecule has 0 unspecified atom stereocenters. The Bertz CT molecular complexity index is 1320. The summed E-state index contributed by atoms with van der Waals surface area (Å²) in [6.45, 7) is 0.267. The molecular weight excluding hydrogens is 489 g/mol. The van der Waals surface area contributed by atoms with Crippen molar-refractivity contribution < 1.29 is 36.3 Å². The number of hydrogen-bond acceptors (Lipinski definition) is 6. The fraction of sp³-hybridized carbons (Fsp3) is 0.391. The molecule has 2 N–H and O–H groups in total. The number of amides is 1. The first kappa shape index (κ1) is 25.3. The number of nitrogens with zero attached hydrogens (tertiary/aromatic N) is 3. The number of ether oxygens (including phenoxy) is 1. The minimum atomic E-state index is -4.68. The molecule has 0 spiro atoms. The smallest absolute Gasteiger partial charge is 0.418 e. The molecule has 0 radical (unpaired) electrons. The molecule has 2 heterocycles. The van der Waals surface area contributed by atoms with E-state index in [1.54, 1.807) is 0 Å². The van der Waals surface area contributed by atoms with E-state index >= 15 is 0 Å². The van der Waals surface area contributed by atoms with Gasteiger partial charge in [0.15, 0.2) is 18.0 Å². The Hall–Kier alpha value is -3.77. The van der Waals surface area contributed by atoms with Gasteiger partial charge in [0, 0.05) is 19.5 Å². The molecule has 0 saturated heterocycles. The molecule has 36 heavy (non-hydrogen) atoms. The van der Waals surface area contributed by atoms with Gasteiger partial charge in [0.25, 0.3) is 6.43 Å². The van der Waals surface area contributed by atoms with Crippen LogP contribution >= 0.6 is 0 Å². The Labute approximate surface area is 201 Å². The van der Waals surface area contributed by atoms with Crippen molar-refractivity contribution in [3.8, 4) is 5.88 Å². The highest BCUT2D eigenvalue weighted by atomic mass is 19.4. The third-order valence-electron chi connectivity index (χ3n) is 5.59. The summed E-state index contributed by atoms with van der Waals surface area (Å²) in [4.78, 5) is 32.2. The summed E-state index contributed by atoms with van der Waals surface area (Å²) in [6, 6.07) is 4.74. The molecule has 1 saturated carbocycles. The number of fused-ring (bicyclic) bond motifs is 1. The Kier molecular flexibility index (Phi) is 6.83. The average molecular weight is 511 g/mol. The number of nitrogens with one attached hydrogen (secondary N) is 2. The Morgan fingerprint density at radius 3 is 2.53 bits per heavy atom. The van der Waals surface area contributed by atoms with Gasteiger partial charge < -0.3 is 15.4 Å². The zero-order valence-electron chi connectivity index (χ0n) is 19.2. The first-order valence-electron chi connectivity index (χ1n) is 11.0. The molecule has 0 bridgehead atoms. The predicted molar refractivity (Wildman–Crippen MR) is 119 cm³/mol. The van der Waals surface area contributed by atoms with Gasteiger partial charge in [0.1, 0.15) is 5.52 Å². The fourth-order valence-electron chi connectivity index (χ4n) is 3.56. The molecule has 3 aromatic rings. The molecule has 2 aromatic heterocycles. The van der Waals surface area contributed by atoms with Crippen LogP contribution in [0.5, 0.6) is 5.88 Å². The van der Waals surface area contributed by atoms with Crippen LogP contribution in [-0.2, 0) is 24.6 Å². The second-order valence-electron chi connectivity index (χ2n) is 8.43. The number of carbonyl (C=O) groups is 2. The van der Waals surface area contributed by atoms with Crippen molar-refractivity contribution >= 4 is 34.5 Å². The molecular formula is C23H22F5N5O3. The van der Waals surface area contributed by atoms with Gasteiger partial charge in [-0.15, -0.1) is 0 Å². The molecule has 1 fully saturated rings. The minimum Gasteiger partial charge on any atom is -0.471 e. The number of carbonyl (C=O) groups excluding carboxylic acids is 2. The van der Waals surface area contributed by atoms with Crippen LogP contribution in [0.2, 0.25) is 0 Å². The van der Waals surface area contributed by atoms with E-state index in [9.17, 15) is 31.5 Å². The third-order valence-corrected chi connectivity index (χ3v) is 5.59. The van der Waals surface area contributed by atoms with Crippen molar-refractivity contribution in [2.75, 3.05) is 11.9 Å². The summed E-state index contributed by atoms with van der Waals surface area (Å²) >= 11 is 0. The van der Waals surface area contributed by atoms with Crippen molar-refractivity contribution in [2.24, 2.45) is 13.0 Å². The number of hydrogen-bond donors (Lipinski definition) is 2. The number of Topliss-reactive ketones (excluding diaryl/α,β-unsaturated/α-hetero) is 1.